The van der Waals surface area contributed by atoms with E-state index in [4.69, 9.17) is 17.3 Å². The Kier molecular flexibility index (Phi) is 4.62. The lowest BCUT2D eigenvalue weighted by atomic mass is 10.1. The fraction of sp³-hybridized carbons (Fsp3) is 0.400. The number of nitrogens with zero attached hydrogens (tertiary/aromatic N) is 1. The van der Waals surface area contributed by atoms with E-state index in [-0.39, 0.29) is 29.4 Å². The quantitative estimate of drug-likeness (QED) is 0.848. The minimum absolute atomic E-state index is 0.0446. The third-order valence-corrected chi connectivity index (χ3v) is 2.33. The van der Waals surface area contributed by atoms with Gasteiger partial charge in [0, 0.05) is 6.20 Å². The second-order valence-electron chi connectivity index (χ2n) is 3.16. The first-order valence-electron chi connectivity index (χ1n) is 4.83. The maximum Gasteiger partial charge on any atom is 0.311 e. The topological polar surface area (TPSA) is 65.2 Å². The number of hydrogen-bond donors (Lipinski definition) is 1. The minimum atomic E-state index is -2.81. The predicted octanol–water partition coefficient (Wildman–Crippen LogP) is 2.36. The molecule has 17 heavy (non-hydrogen) atoms. The zero-order valence-electron chi connectivity index (χ0n) is 9.04. The molecule has 0 spiro atoms. The number of carbonyl (C=O) groups is 1. The number of pyridine rings is 1. The maximum atomic E-state index is 12.6. The molecule has 2 N–H and O–H groups in total. The number of halogens is 3. The Morgan fingerprint density at radius 2 is 2.29 bits per heavy atom. The summed E-state index contributed by atoms with van der Waals surface area (Å²) in [6.45, 7) is 1.84. The molecule has 4 nitrogen and oxygen atoms in total. The van der Waals surface area contributed by atoms with E-state index in [2.05, 4.69) is 9.72 Å². The number of nitrogen functional groups attached to an aromatic ring is 1. The zero-order valence-corrected chi connectivity index (χ0v) is 9.80. The predicted molar refractivity (Wildman–Crippen MR) is 59.0 cm³/mol. The van der Waals surface area contributed by atoms with E-state index in [1.54, 1.807) is 6.92 Å². The Morgan fingerprint density at radius 1 is 1.65 bits per heavy atom. The molecule has 0 aromatic carbocycles. The van der Waals surface area contributed by atoms with E-state index in [9.17, 15) is 13.6 Å². The normalized spacial score (nSPS) is 10.6. The van der Waals surface area contributed by atoms with E-state index in [1.807, 2.05) is 0 Å². The largest absolute Gasteiger partial charge is 0.466 e. The molecular formula is C10H11ClF2N2O2. The molecule has 1 aromatic heterocycles. The number of esters is 1. The van der Waals surface area contributed by atoms with Gasteiger partial charge in [-0.25, -0.2) is 8.78 Å². The van der Waals surface area contributed by atoms with Crippen molar-refractivity contribution < 1.29 is 18.3 Å². The average molecular weight is 265 g/mol. The summed E-state index contributed by atoms with van der Waals surface area (Å²) in [5.41, 5.74) is 4.78. The number of nitrogens with two attached hydrogens (primary N) is 1. The summed E-state index contributed by atoms with van der Waals surface area (Å²) in [6, 6.07) is 0. The highest BCUT2D eigenvalue weighted by Gasteiger charge is 2.20. The highest BCUT2D eigenvalue weighted by Crippen LogP contribution is 2.33. The van der Waals surface area contributed by atoms with Crippen LogP contribution in [0.4, 0.5) is 14.5 Å². The van der Waals surface area contributed by atoms with Crippen molar-refractivity contribution in [1.29, 1.82) is 0 Å². The second kappa shape index (κ2) is 5.77. The van der Waals surface area contributed by atoms with Gasteiger partial charge in [0.05, 0.1) is 35.0 Å². The molecule has 0 saturated carbocycles. The molecular weight excluding hydrogens is 254 g/mol. The monoisotopic (exact) mass is 264 g/mol. The number of alkyl halides is 2. The Balaban J connectivity index is 3.02. The molecule has 0 aliphatic rings. The third-order valence-electron chi connectivity index (χ3n) is 2.03. The van der Waals surface area contributed by atoms with Crippen molar-refractivity contribution in [2.24, 2.45) is 0 Å². The van der Waals surface area contributed by atoms with Gasteiger partial charge in [0.1, 0.15) is 0 Å². The van der Waals surface area contributed by atoms with Crippen LogP contribution in [0.2, 0.25) is 5.02 Å². The standard InChI is InChI=1S/C10H11ClF2N2O2/c1-2-17-7(16)3-6-9(14)8(10(12)13)5(11)4-15-6/h4,10H,2-3,14H2,1H3. The van der Waals surface area contributed by atoms with Crippen LogP contribution in [0.3, 0.4) is 0 Å². The summed E-state index contributed by atoms with van der Waals surface area (Å²) in [6.07, 6.45) is -2.02. The van der Waals surface area contributed by atoms with E-state index in [0.29, 0.717) is 0 Å². The molecule has 0 radical (unpaired) electrons. The minimum Gasteiger partial charge on any atom is -0.466 e. The molecule has 0 unspecified atom stereocenters. The first-order chi connectivity index (χ1) is 7.97. The van der Waals surface area contributed by atoms with Gasteiger partial charge in [-0.15, -0.1) is 0 Å². The highest BCUT2D eigenvalue weighted by molar-refractivity contribution is 6.31. The average Bonchev–Trinajstić information content (AvgIpc) is 2.22. The summed E-state index contributed by atoms with van der Waals surface area (Å²) in [5, 5.41) is -0.217. The fourth-order valence-corrected chi connectivity index (χ4v) is 1.50. The van der Waals surface area contributed by atoms with E-state index < -0.39 is 18.0 Å². The third kappa shape index (κ3) is 3.26. The summed E-state index contributed by atoms with van der Waals surface area (Å²) in [7, 11) is 0. The van der Waals surface area contributed by atoms with Crippen molar-refractivity contribution in [3.63, 3.8) is 0 Å². The molecule has 0 aliphatic heterocycles. The summed E-state index contributed by atoms with van der Waals surface area (Å²) in [4.78, 5) is 14.9. The van der Waals surface area contributed by atoms with Gasteiger partial charge < -0.3 is 10.5 Å². The van der Waals surface area contributed by atoms with Crippen molar-refractivity contribution in [3.05, 3.63) is 22.5 Å². The van der Waals surface area contributed by atoms with Crippen LogP contribution in [-0.2, 0) is 16.0 Å². The van der Waals surface area contributed by atoms with Crippen molar-refractivity contribution in [3.8, 4) is 0 Å². The fourth-order valence-electron chi connectivity index (χ4n) is 1.27. The molecule has 0 saturated heterocycles. The van der Waals surface area contributed by atoms with Crippen molar-refractivity contribution >= 4 is 23.3 Å². The molecule has 0 atom stereocenters. The summed E-state index contributed by atoms with van der Waals surface area (Å²) < 4.78 is 30.0. The maximum absolute atomic E-state index is 12.6. The molecule has 94 valence electrons. The van der Waals surface area contributed by atoms with E-state index in [0.717, 1.165) is 6.20 Å². The molecule has 0 aliphatic carbocycles. The number of hydrogen-bond acceptors (Lipinski definition) is 4. The molecule has 0 bridgehead atoms. The van der Waals surface area contributed by atoms with Gasteiger partial charge >= 0.3 is 5.97 Å². The molecule has 1 rings (SSSR count). The van der Waals surface area contributed by atoms with Crippen LogP contribution in [-0.4, -0.2) is 17.6 Å². The number of rotatable bonds is 4. The van der Waals surface area contributed by atoms with Crippen LogP contribution in [0.25, 0.3) is 0 Å². The lowest BCUT2D eigenvalue weighted by Crippen LogP contribution is -2.12. The summed E-state index contributed by atoms with van der Waals surface area (Å²) in [5.74, 6) is -0.575. The summed E-state index contributed by atoms with van der Waals surface area (Å²) >= 11 is 5.56. The van der Waals surface area contributed by atoms with Gasteiger partial charge in [0.25, 0.3) is 6.43 Å². The molecule has 0 fully saturated rings. The zero-order chi connectivity index (χ0) is 13.0. The Bertz CT molecular complexity index is 427. The molecule has 7 heteroatoms. The van der Waals surface area contributed by atoms with Crippen LogP contribution >= 0.6 is 11.6 Å². The van der Waals surface area contributed by atoms with E-state index >= 15 is 0 Å². The lowest BCUT2D eigenvalue weighted by molar-refractivity contribution is -0.142. The van der Waals surface area contributed by atoms with Crippen LogP contribution in [0.15, 0.2) is 6.20 Å². The first-order valence-corrected chi connectivity index (χ1v) is 5.21. The van der Waals surface area contributed by atoms with Crippen molar-refractivity contribution in [2.45, 2.75) is 19.8 Å². The SMILES string of the molecule is CCOC(=O)Cc1ncc(Cl)c(C(F)F)c1N. The Labute approximate surface area is 102 Å². The van der Waals surface area contributed by atoms with Crippen LogP contribution in [0.1, 0.15) is 24.6 Å². The van der Waals surface area contributed by atoms with Gasteiger partial charge in [-0.1, -0.05) is 11.6 Å². The number of aromatic nitrogens is 1. The van der Waals surface area contributed by atoms with Gasteiger partial charge in [-0.2, -0.15) is 0 Å². The Morgan fingerprint density at radius 3 is 2.82 bits per heavy atom. The molecule has 0 amide bonds. The first kappa shape index (κ1) is 13.6. The van der Waals surface area contributed by atoms with Crippen LogP contribution in [0, 0.1) is 0 Å². The number of carbonyl (C=O) groups excluding carboxylic acids is 1. The lowest BCUT2D eigenvalue weighted by Gasteiger charge is -2.10. The number of anilines is 1. The van der Waals surface area contributed by atoms with Gasteiger partial charge in [0.15, 0.2) is 0 Å². The molecule has 1 heterocycles. The van der Waals surface area contributed by atoms with Crippen molar-refractivity contribution in [2.75, 3.05) is 12.3 Å². The smallest absolute Gasteiger partial charge is 0.311 e. The van der Waals surface area contributed by atoms with E-state index in [1.165, 1.54) is 0 Å². The number of ether oxygens (including phenoxy) is 1. The van der Waals surface area contributed by atoms with Gasteiger partial charge in [0.2, 0.25) is 0 Å². The van der Waals surface area contributed by atoms with Crippen molar-refractivity contribution in [1.82, 2.24) is 4.98 Å². The second-order valence-corrected chi connectivity index (χ2v) is 3.57. The highest BCUT2D eigenvalue weighted by atomic mass is 35.5. The Hall–Kier alpha value is -1.43. The van der Waals surface area contributed by atoms with Crippen LogP contribution < -0.4 is 5.73 Å². The molecule has 1 aromatic rings. The van der Waals surface area contributed by atoms with Gasteiger partial charge in [-0.3, -0.25) is 9.78 Å². The van der Waals surface area contributed by atoms with Gasteiger partial charge in [-0.05, 0) is 6.92 Å². The van der Waals surface area contributed by atoms with Crippen LogP contribution in [0.5, 0.6) is 0 Å².